The van der Waals surface area contributed by atoms with Crippen LogP contribution in [0.5, 0.6) is 0 Å². The van der Waals surface area contributed by atoms with Crippen molar-refractivity contribution in [3.63, 3.8) is 0 Å². The van der Waals surface area contributed by atoms with E-state index >= 15 is 0 Å². The van der Waals surface area contributed by atoms with Crippen molar-refractivity contribution in [1.82, 2.24) is 4.31 Å². The molecule has 1 aliphatic rings. The van der Waals surface area contributed by atoms with Crippen molar-refractivity contribution in [1.29, 1.82) is 0 Å². The molecule has 12 heteroatoms. The minimum absolute atomic E-state index is 0.0162. The summed E-state index contributed by atoms with van der Waals surface area (Å²) in [6, 6.07) is 2.14. The molecule has 7 nitrogen and oxygen atoms in total. The summed E-state index contributed by atoms with van der Waals surface area (Å²) in [5.74, 6) is -1.76. The minimum atomic E-state index is -5.21. The van der Waals surface area contributed by atoms with Crippen LogP contribution in [0.4, 0.5) is 18.9 Å². The highest BCUT2D eigenvalue weighted by Gasteiger charge is 2.55. The van der Waals surface area contributed by atoms with Gasteiger partial charge < -0.3 is 15.5 Å². The number of aliphatic hydroxyl groups excluding tert-OH is 1. The summed E-state index contributed by atoms with van der Waals surface area (Å²) in [6.07, 6.45) is -5.70. The Bertz CT molecular complexity index is 858. The van der Waals surface area contributed by atoms with Crippen LogP contribution in [0, 0.1) is 6.92 Å². The molecular weight excluding hydrogens is 413 g/mol. The van der Waals surface area contributed by atoms with Gasteiger partial charge in [0.25, 0.3) is 5.91 Å². The fourth-order valence-corrected chi connectivity index (χ4v) is 4.47. The van der Waals surface area contributed by atoms with Crippen LogP contribution in [0.2, 0.25) is 5.02 Å². The number of rotatable bonds is 4. The van der Waals surface area contributed by atoms with Crippen LogP contribution >= 0.6 is 11.6 Å². The Morgan fingerprint density at radius 1 is 1.37 bits per heavy atom. The predicted octanol–water partition coefficient (Wildman–Crippen LogP) is 1.66. The number of nitrogens with zero attached hydrogens (tertiary/aromatic N) is 1. The van der Waals surface area contributed by atoms with E-state index < -0.39 is 33.8 Å². The number of amides is 1. The van der Waals surface area contributed by atoms with Gasteiger partial charge in [0.05, 0.1) is 21.7 Å². The standard InChI is InChI=1S/C15H18ClF3N2O5S/c1-8-11(27(25,26)21-6-5-9(22)7-21)4-3-10(12(8)16)20-13(23)14(2,24)15(17,18)19/h3-4,9,22,24H,5-7H2,1-2H3,(H,20,23)/t9?,14-/m1/s1. The van der Waals surface area contributed by atoms with Crippen molar-refractivity contribution >= 4 is 33.2 Å². The van der Waals surface area contributed by atoms with E-state index in [-0.39, 0.29) is 40.7 Å². The Morgan fingerprint density at radius 2 is 1.96 bits per heavy atom. The molecule has 2 rings (SSSR count). The molecule has 0 aromatic heterocycles. The van der Waals surface area contributed by atoms with Crippen LogP contribution in [0.1, 0.15) is 18.9 Å². The summed E-state index contributed by atoms with van der Waals surface area (Å²) in [6.45, 7) is 1.67. The van der Waals surface area contributed by atoms with Gasteiger partial charge in [-0.05, 0) is 38.0 Å². The summed E-state index contributed by atoms with van der Waals surface area (Å²) in [5.41, 5.74) is -3.91. The number of halogens is 4. The predicted molar refractivity (Wildman–Crippen MR) is 90.9 cm³/mol. The Labute approximate surface area is 158 Å². The van der Waals surface area contributed by atoms with Gasteiger partial charge in [-0.25, -0.2) is 8.42 Å². The lowest BCUT2D eigenvalue weighted by molar-refractivity contribution is -0.242. The SMILES string of the molecule is Cc1c(S(=O)(=O)N2CCC(O)C2)ccc(NC(=O)[C@@](C)(O)C(F)(F)F)c1Cl. The molecule has 1 fully saturated rings. The van der Waals surface area contributed by atoms with Gasteiger partial charge in [-0.15, -0.1) is 0 Å². The average molecular weight is 431 g/mol. The maximum Gasteiger partial charge on any atom is 0.426 e. The largest absolute Gasteiger partial charge is 0.426 e. The van der Waals surface area contributed by atoms with Crippen LogP contribution in [-0.4, -0.2) is 59.8 Å². The molecule has 1 aliphatic heterocycles. The second kappa shape index (κ2) is 7.21. The third kappa shape index (κ3) is 4.06. The Kier molecular flexibility index (Phi) is 5.84. The summed E-state index contributed by atoms with van der Waals surface area (Å²) in [5, 5.41) is 20.5. The van der Waals surface area contributed by atoms with Gasteiger partial charge in [0.2, 0.25) is 15.6 Å². The molecule has 1 aromatic rings. The fraction of sp³-hybridized carbons (Fsp3) is 0.533. The second-order valence-corrected chi connectivity index (χ2v) is 8.66. The van der Waals surface area contributed by atoms with Gasteiger partial charge in [-0.3, -0.25) is 4.79 Å². The molecule has 0 saturated carbocycles. The monoisotopic (exact) mass is 430 g/mol. The van der Waals surface area contributed by atoms with Crippen LogP contribution in [0.25, 0.3) is 0 Å². The number of hydrogen-bond donors (Lipinski definition) is 3. The average Bonchev–Trinajstić information content (AvgIpc) is 2.97. The molecule has 1 saturated heterocycles. The number of sulfonamides is 1. The third-order valence-electron chi connectivity index (χ3n) is 4.32. The van der Waals surface area contributed by atoms with E-state index in [1.54, 1.807) is 0 Å². The third-order valence-corrected chi connectivity index (χ3v) is 6.82. The van der Waals surface area contributed by atoms with Gasteiger partial charge in [-0.1, -0.05) is 11.6 Å². The number of anilines is 1. The zero-order valence-electron chi connectivity index (χ0n) is 14.3. The van der Waals surface area contributed by atoms with Crippen LogP contribution < -0.4 is 5.32 Å². The van der Waals surface area contributed by atoms with E-state index in [1.165, 1.54) is 6.92 Å². The van der Waals surface area contributed by atoms with Crippen molar-refractivity contribution in [2.24, 2.45) is 0 Å². The fourth-order valence-electron chi connectivity index (χ4n) is 2.48. The first-order valence-corrected chi connectivity index (χ1v) is 9.59. The molecule has 1 heterocycles. The molecule has 152 valence electrons. The van der Waals surface area contributed by atoms with Crippen molar-refractivity contribution < 1.29 is 36.6 Å². The normalized spacial score (nSPS) is 21.1. The number of benzene rings is 1. The highest BCUT2D eigenvalue weighted by atomic mass is 35.5. The van der Waals surface area contributed by atoms with E-state index in [9.17, 15) is 36.6 Å². The molecule has 1 aromatic carbocycles. The molecule has 2 atom stereocenters. The molecule has 0 bridgehead atoms. The molecule has 27 heavy (non-hydrogen) atoms. The number of alkyl halides is 3. The lowest BCUT2D eigenvalue weighted by atomic mass is 10.1. The van der Waals surface area contributed by atoms with Crippen molar-refractivity contribution in [2.75, 3.05) is 18.4 Å². The quantitative estimate of drug-likeness (QED) is 0.673. The van der Waals surface area contributed by atoms with E-state index in [0.29, 0.717) is 6.92 Å². The summed E-state index contributed by atoms with van der Waals surface area (Å²) < 4.78 is 64.6. The molecule has 1 amide bonds. The first-order valence-electron chi connectivity index (χ1n) is 7.77. The number of nitrogens with one attached hydrogen (secondary N) is 1. The maximum absolute atomic E-state index is 12.7. The second-order valence-electron chi connectivity index (χ2n) is 6.38. The topological polar surface area (TPSA) is 107 Å². The maximum atomic E-state index is 12.7. The van der Waals surface area contributed by atoms with E-state index in [1.807, 2.05) is 5.32 Å². The lowest BCUT2D eigenvalue weighted by Gasteiger charge is -2.25. The zero-order chi connectivity index (χ0) is 20.8. The van der Waals surface area contributed by atoms with Gasteiger partial charge in [0.15, 0.2) is 0 Å². The molecule has 0 spiro atoms. The summed E-state index contributed by atoms with van der Waals surface area (Å²) in [4.78, 5) is 11.6. The number of β-amino-alcohol motifs (C(OH)–C–C–N with tert-alkyl or cyclic N) is 1. The van der Waals surface area contributed by atoms with Gasteiger partial charge >= 0.3 is 6.18 Å². The van der Waals surface area contributed by atoms with E-state index in [2.05, 4.69) is 0 Å². The number of hydrogen-bond acceptors (Lipinski definition) is 5. The van der Waals surface area contributed by atoms with Crippen LogP contribution in [0.3, 0.4) is 0 Å². The van der Waals surface area contributed by atoms with Crippen LogP contribution in [-0.2, 0) is 14.8 Å². The molecular formula is C15H18ClF3N2O5S. The Morgan fingerprint density at radius 3 is 2.44 bits per heavy atom. The highest BCUT2D eigenvalue weighted by Crippen LogP contribution is 2.35. The minimum Gasteiger partial charge on any atom is -0.392 e. The van der Waals surface area contributed by atoms with Crippen molar-refractivity contribution in [3.05, 3.63) is 22.7 Å². The smallest absolute Gasteiger partial charge is 0.392 e. The highest BCUT2D eigenvalue weighted by molar-refractivity contribution is 7.89. The van der Waals surface area contributed by atoms with Crippen molar-refractivity contribution in [3.8, 4) is 0 Å². The first-order chi connectivity index (χ1) is 12.2. The Hall–Kier alpha value is -1.40. The van der Waals surface area contributed by atoms with Gasteiger partial charge in [-0.2, -0.15) is 17.5 Å². The number of aliphatic hydroxyl groups is 2. The lowest BCUT2D eigenvalue weighted by Crippen LogP contribution is -2.52. The summed E-state index contributed by atoms with van der Waals surface area (Å²) >= 11 is 6.04. The van der Waals surface area contributed by atoms with Crippen molar-refractivity contribution in [2.45, 2.75) is 43.0 Å². The zero-order valence-corrected chi connectivity index (χ0v) is 15.9. The van der Waals surface area contributed by atoms with Gasteiger partial charge in [0, 0.05) is 13.1 Å². The molecule has 0 aliphatic carbocycles. The summed E-state index contributed by atoms with van der Waals surface area (Å²) in [7, 11) is -3.97. The number of carbonyl (C=O) groups excluding carboxylic acids is 1. The van der Waals surface area contributed by atoms with E-state index in [0.717, 1.165) is 16.4 Å². The molecule has 3 N–H and O–H groups in total. The molecule has 1 unspecified atom stereocenters. The van der Waals surface area contributed by atoms with Crippen LogP contribution in [0.15, 0.2) is 17.0 Å². The van der Waals surface area contributed by atoms with Gasteiger partial charge in [0.1, 0.15) is 0 Å². The Balaban J connectivity index is 2.34. The molecule has 0 radical (unpaired) electrons. The number of carbonyl (C=O) groups is 1. The first kappa shape index (κ1) is 21.9. The van der Waals surface area contributed by atoms with E-state index in [4.69, 9.17) is 11.6 Å².